The van der Waals surface area contributed by atoms with Gasteiger partial charge in [0.2, 0.25) is 0 Å². The van der Waals surface area contributed by atoms with Crippen molar-refractivity contribution in [1.29, 1.82) is 0 Å². The molecule has 2 aromatic carbocycles. The Balaban J connectivity index is 2.06. The third-order valence-electron chi connectivity index (χ3n) is 4.43. The van der Waals surface area contributed by atoms with Crippen LogP contribution in [0.25, 0.3) is 0 Å². The van der Waals surface area contributed by atoms with E-state index in [-0.39, 0.29) is 10.8 Å². The molecule has 0 aliphatic heterocycles. The number of aliphatic hydroxyl groups is 1. The Bertz CT molecular complexity index is 725. The average Bonchev–Trinajstić information content (AvgIpc) is 3.21. The van der Waals surface area contributed by atoms with Crippen molar-refractivity contribution < 1.29 is 13.5 Å². The largest absolute Gasteiger partial charge is 0.387 e. The molecule has 0 amide bonds. The van der Waals surface area contributed by atoms with E-state index in [1.807, 2.05) is 25.1 Å². The molecule has 1 N–H and O–H groups in total. The van der Waals surface area contributed by atoms with E-state index in [1.54, 1.807) is 42.5 Å². The Morgan fingerprint density at radius 2 is 1.52 bits per heavy atom. The van der Waals surface area contributed by atoms with Gasteiger partial charge < -0.3 is 5.11 Å². The maximum absolute atomic E-state index is 13.0. The Hall–Kier alpha value is -1.65. The average molecular weight is 302 g/mol. The van der Waals surface area contributed by atoms with Gasteiger partial charge in [-0.3, -0.25) is 0 Å². The number of rotatable bonds is 4. The maximum atomic E-state index is 13.0. The summed E-state index contributed by atoms with van der Waals surface area (Å²) in [5, 5.41) is 10.7. The maximum Gasteiger partial charge on any atom is 0.187 e. The fraction of sp³-hybridized carbons (Fsp3) is 0.294. The van der Waals surface area contributed by atoms with Gasteiger partial charge in [0, 0.05) is 0 Å². The molecule has 0 spiro atoms. The van der Waals surface area contributed by atoms with Gasteiger partial charge >= 0.3 is 0 Å². The summed E-state index contributed by atoms with van der Waals surface area (Å²) in [5.41, 5.74) is 0.654. The second-order valence-electron chi connectivity index (χ2n) is 5.69. The molecule has 1 saturated carbocycles. The van der Waals surface area contributed by atoms with Crippen LogP contribution in [0.4, 0.5) is 0 Å². The molecule has 1 fully saturated rings. The van der Waals surface area contributed by atoms with Gasteiger partial charge in [0.25, 0.3) is 0 Å². The molecule has 1 aliphatic rings. The Morgan fingerprint density at radius 1 is 1.05 bits per heavy atom. The lowest BCUT2D eigenvalue weighted by atomic mass is 10.0. The van der Waals surface area contributed by atoms with E-state index < -0.39 is 20.7 Å². The summed E-state index contributed by atoms with van der Waals surface area (Å²) in [7, 11) is -3.57. The molecule has 0 radical (unpaired) electrons. The van der Waals surface area contributed by atoms with Crippen LogP contribution in [0.1, 0.15) is 25.0 Å². The highest BCUT2D eigenvalue weighted by Gasteiger charge is 2.66. The molecule has 4 heteroatoms. The molecule has 0 bridgehead atoms. The minimum Gasteiger partial charge on any atom is -0.387 e. The molecule has 1 unspecified atom stereocenters. The minimum atomic E-state index is -3.57. The summed E-state index contributed by atoms with van der Waals surface area (Å²) in [6.07, 6.45) is -0.515. The first-order valence-corrected chi connectivity index (χ1v) is 8.51. The van der Waals surface area contributed by atoms with E-state index >= 15 is 0 Å². The van der Waals surface area contributed by atoms with Crippen LogP contribution in [0, 0.1) is 5.92 Å². The number of sulfone groups is 1. The highest BCUT2D eigenvalue weighted by molar-refractivity contribution is 7.93. The van der Waals surface area contributed by atoms with Crippen molar-refractivity contribution in [1.82, 2.24) is 0 Å². The number of aliphatic hydroxyl groups excluding tert-OH is 1. The van der Waals surface area contributed by atoms with Crippen molar-refractivity contribution in [2.45, 2.75) is 29.1 Å². The summed E-state index contributed by atoms with van der Waals surface area (Å²) >= 11 is 0. The lowest BCUT2D eigenvalue weighted by Gasteiger charge is -2.24. The van der Waals surface area contributed by atoms with Gasteiger partial charge in [0.05, 0.1) is 11.0 Å². The molecule has 0 aromatic heterocycles. The molecule has 2 aromatic rings. The molecule has 21 heavy (non-hydrogen) atoms. The van der Waals surface area contributed by atoms with Crippen LogP contribution < -0.4 is 0 Å². The van der Waals surface area contributed by atoms with Crippen LogP contribution >= 0.6 is 0 Å². The van der Waals surface area contributed by atoms with Crippen LogP contribution in [0.15, 0.2) is 65.6 Å². The standard InChI is InChI=1S/C17H18O3S/c1-13-12-17(13,16(18)14-8-4-2-5-9-14)21(19,20)15-10-6-3-7-11-15/h2-11,13,16,18H,12H2,1H3/t13-,16?,17-/m1/s1. The zero-order valence-corrected chi connectivity index (χ0v) is 12.6. The zero-order chi connectivity index (χ0) is 15.1. The molecule has 0 saturated heterocycles. The van der Waals surface area contributed by atoms with E-state index in [2.05, 4.69) is 0 Å². The van der Waals surface area contributed by atoms with Gasteiger partial charge in [0.1, 0.15) is 4.75 Å². The molecule has 3 rings (SSSR count). The van der Waals surface area contributed by atoms with E-state index in [9.17, 15) is 13.5 Å². The van der Waals surface area contributed by atoms with Crippen LogP contribution in [0.5, 0.6) is 0 Å². The molecule has 3 nitrogen and oxygen atoms in total. The quantitative estimate of drug-likeness (QED) is 0.944. The summed E-state index contributed by atoms with van der Waals surface area (Å²) in [5.74, 6) is -0.0575. The monoisotopic (exact) mass is 302 g/mol. The van der Waals surface area contributed by atoms with E-state index in [0.29, 0.717) is 12.0 Å². The number of hydrogen-bond donors (Lipinski definition) is 1. The predicted molar refractivity (Wildman–Crippen MR) is 81.5 cm³/mol. The summed E-state index contributed by atoms with van der Waals surface area (Å²) < 4.78 is 24.9. The van der Waals surface area contributed by atoms with Crippen molar-refractivity contribution in [3.8, 4) is 0 Å². The van der Waals surface area contributed by atoms with Crippen LogP contribution in [0.2, 0.25) is 0 Å². The van der Waals surface area contributed by atoms with Crippen molar-refractivity contribution in [3.05, 3.63) is 66.2 Å². The first-order chi connectivity index (χ1) is 10.00. The van der Waals surface area contributed by atoms with Crippen molar-refractivity contribution >= 4 is 9.84 Å². The van der Waals surface area contributed by atoms with Gasteiger partial charge in [-0.2, -0.15) is 0 Å². The fourth-order valence-electron chi connectivity index (χ4n) is 3.06. The summed E-state index contributed by atoms with van der Waals surface area (Å²) in [6.45, 7) is 1.88. The van der Waals surface area contributed by atoms with Crippen LogP contribution in [0.3, 0.4) is 0 Å². The third kappa shape index (κ3) is 2.10. The molecule has 0 heterocycles. The predicted octanol–water partition coefficient (Wildman–Crippen LogP) is 2.97. The van der Waals surface area contributed by atoms with Crippen molar-refractivity contribution in [2.75, 3.05) is 0 Å². The SMILES string of the molecule is C[C@@H]1C[C@@]1(C(O)c1ccccc1)S(=O)(=O)c1ccccc1. The second-order valence-corrected chi connectivity index (χ2v) is 7.93. The number of benzene rings is 2. The molecule has 3 atom stereocenters. The summed E-state index contributed by atoms with van der Waals surface area (Å²) in [4.78, 5) is 0.282. The lowest BCUT2D eigenvalue weighted by Crippen LogP contribution is -2.32. The Morgan fingerprint density at radius 3 is 2.00 bits per heavy atom. The first kappa shape index (κ1) is 14.3. The normalized spacial score (nSPS) is 26.3. The first-order valence-electron chi connectivity index (χ1n) is 7.03. The van der Waals surface area contributed by atoms with E-state index in [0.717, 1.165) is 0 Å². The Labute approximate surface area is 125 Å². The topological polar surface area (TPSA) is 54.4 Å². The third-order valence-corrected chi connectivity index (χ3v) is 7.12. The molecule has 110 valence electrons. The van der Waals surface area contributed by atoms with Gasteiger partial charge in [-0.05, 0) is 30.0 Å². The van der Waals surface area contributed by atoms with Crippen LogP contribution in [-0.4, -0.2) is 18.3 Å². The minimum absolute atomic E-state index is 0.0575. The molecular formula is C17H18O3S. The molecular weight excluding hydrogens is 284 g/mol. The van der Waals surface area contributed by atoms with Gasteiger partial charge in [-0.1, -0.05) is 55.5 Å². The van der Waals surface area contributed by atoms with Gasteiger partial charge in [-0.15, -0.1) is 0 Å². The van der Waals surface area contributed by atoms with Gasteiger partial charge in [0.15, 0.2) is 9.84 Å². The summed E-state index contributed by atoms with van der Waals surface area (Å²) in [6, 6.07) is 17.4. The Kier molecular flexibility index (Phi) is 3.38. The lowest BCUT2D eigenvalue weighted by molar-refractivity contribution is 0.158. The molecule has 1 aliphatic carbocycles. The second kappa shape index (κ2) is 4.97. The van der Waals surface area contributed by atoms with Gasteiger partial charge in [-0.25, -0.2) is 8.42 Å². The fourth-order valence-corrected chi connectivity index (χ4v) is 5.44. The van der Waals surface area contributed by atoms with E-state index in [1.165, 1.54) is 0 Å². The highest BCUT2D eigenvalue weighted by atomic mass is 32.2. The van der Waals surface area contributed by atoms with Crippen molar-refractivity contribution in [2.24, 2.45) is 5.92 Å². The van der Waals surface area contributed by atoms with Crippen molar-refractivity contribution in [3.63, 3.8) is 0 Å². The van der Waals surface area contributed by atoms with E-state index in [4.69, 9.17) is 0 Å². The zero-order valence-electron chi connectivity index (χ0n) is 11.8. The highest BCUT2D eigenvalue weighted by Crippen LogP contribution is 2.59. The smallest absolute Gasteiger partial charge is 0.187 e. The van der Waals surface area contributed by atoms with Crippen LogP contribution in [-0.2, 0) is 9.84 Å². The number of hydrogen-bond acceptors (Lipinski definition) is 3.